The number of hydrogen-bond acceptors (Lipinski definition) is 1. The van der Waals surface area contributed by atoms with E-state index < -0.39 is 11.6 Å². The molecule has 2 aromatic rings. The Labute approximate surface area is 113 Å². The van der Waals surface area contributed by atoms with Crippen LogP contribution in [0.4, 0.5) is 8.78 Å². The molecule has 2 aromatic carbocycles. The number of rotatable bonds is 3. The Bertz CT molecular complexity index is 573. The van der Waals surface area contributed by atoms with Crippen LogP contribution in [0.5, 0.6) is 11.5 Å². The summed E-state index contributed by atoms with van der Waals surface area (Å²) < 4.78 is 31.8. The molecule has 0 heterocycles. The summed E-state index contributed by atoms with van der Waals surface area (Å²) in [5, 5.41) is 0.289. The van der Waals surface area contributed by atoms with Crippen molar-refractivity contribution in [3.63, 3.8) is 0 Å². The topological polar surface area (TPSA) is 9.23 Å². The van der Waals surface area contributed by atoms with Crippen molar-refractivity contribution in [2.75, 3.05) is 0 Å². The highest BCUT2D eigenvalue weighted by Crippen LogP contribution is 2.35. The molecular weight excluding hydrogens is 281 g/mol. The minimum Gasteiger partial charge on any atom is -0.452 e. The largest absolute Gasteiger partial charge is 0.452 e. The average Bonchev–Trinajstić information content (AvgIpc) is 2.37. The van der Waals surface area contributed by atoms with Crippen LogP contribution in [-0.2, 0) is 5.88 Å². The van der Waals surface area contributed by atoms with Crippen LogP contribution in [0.1, 0.15) is 5.56 Å². The molecule has 5 heteroatoms. The maximum absolute atomic E-state index is 13.5. The van der Waals surface area contributed by atoms with Gasteiger partial charge in [0.25, 0.3) is 0 Å². The fraction of sp³-hybridized carbons (Fsp3) is 0.0769. The first-order valence-electron chi connectivity index (χ1n) is 5.08. The Hall–Kier alpha value is -1.32. The van der Waals surface area contributed by atoms with Crippen LogP contribution in [0.3, 0.4) is 0 Å². The van der Waals surface area contributed by atoms with Gasteiger partial charge in [0.05, 0.1) is 10.9 Å². The predicted octanol–water partition coefficient (Wildman–Crippen LogP) is 5.15. The van der Waals surface area contributed by atoms with Gasteiger partial charge in [-0.1, -0.05) is 29.8 Å². The minimum absolute atomic E-state index is 0.160. The molecule has 0 saturated heterocycles. The highest BCUT2D eigenvalue weighted by molar-refractivity contribution is 6.32. The second-order valence-electron chi connectivity index (χ2n) is 3.52. The first-order chi connectivity index (χ1) is 8.63. The molecule has 0 radical (unpaired) electrons. The highest BCUT2D eigenvalue weighted by atomic mass is 35.5. The molecule has 0 unspecified atom stereocenters. The van der Waals surface area contributed by atoms with E-state index in [4.69, 9.17) is 27.9 Å². The van der Waals surface area contributed by atoms with Gasteiger partial charge in [0.15, 0.2) is 17.3 Å². The van der Waals surface area contributed by atoms with Crippen LogP contribution in [0, 0.1) is 11.6 Å². The van der Waals surface area contributed by atoms with Crippen molar-refractivity contribution in [3.05, 3.63) is 58.6 Å². The predicted molar refractivity (Wildman–Crippen MR) is 67.4 cm³/mol. The number of hydrogen-bond donors (Lipinski definition) is 0. The summed E-state index contributed by atoms with van der Waals surface area (Å²) in [5.74, 6) is -1.87. The van der Waals surface area contributed by atoms with Crippen LogP contribution < -0.4 is 4.74 Å². The molecule has 94 valence electrons. The van der Waals surface area contributed by atoms with E-state index in [-0.39, 0.29) is 22.4 Å². The van der Waals surface area contributed by atoms with Gasteiger partial charge < -0.3 is 4.74 Å². The average molecular weight is 289 g/mol. The van der Waals surface area contributed by atoms with E-state index in [1.807, 2.05) is 0 Å². The van der Waals surface area contributed by atoms with E-state index in [0.29, 0.717) is 5.56 Å². The molecule has 0 saturated carbocycles. The second kappa shape index (κ2) is 5.55. The van der Waals surface area contributed by atoms with Gasteiger partial charge in [-0.05, 0) is 18.2 Å². The molecule has 0 aliphatic carbocycles. The summed E-state index contributed by atoms with van der Waals surface area (Å²) in [4.78, 5) is 0. The van der Waals surface area contributed by atoms with E-state index in [1.54, 1.807) is 18.2 Å². The van der Waals surface area contributed by atoms with Crippen molar-refractivity contribution in [1.82, 2.24) is 0 Å². The first-order valence-corrected chi connectivity index (χ1v) is 6.00. The molecule has 1 nitrogen and oxygen atoms in total. The SMILES string of the molecule is Fc1cccc(Oc2c(Cl)cccc2CCl)c1F. The van der Waals surface area contributed by atoms with Crippen molar-refractivity contribution in [3.8, 4) is 11.5 Å². The van der Waals surface area contributed by atoms with Gasteiger partial charge in [-0.3, -0.25) is 0 Å². The maximum atomic E-state index is 13.5. The fourth-order valence-corrected chi connectivity index (χ4v) is 1.89. The van der Waals surface area contributed by atoms with E-state index in [1.165, 1.54) is 12.1 Å². The number of para-hydroxylation sites is 1. The van der Waals surface area contributed by atoms with Gasteiger partial charge in [-0.15, -0.1) is 11.6 Å². The van der Waals surface area contributed by atoms with E-state index >= 15 is 0 Å². The number of alkyl halides is 1. The Balaban J connectivity index is 2.43. The third-order valence-electron chi connectivity index (χ3n) is 2.32. The highest BCUT2D eigenvalue weighted by Gasteiger charge is 2.14. The zero-order valence-electron chi connectivity index (χ0n) is 9.09. The summed E-state index contributed by atoms with van der Waals surface area (Å²) in [6.45, 7) is 0. The van der Waals surface area contributed by atoms with E-state index in [2.05, 4.69) is 0 Å². The first kappa shape index (κ1) is 13.1. The van der Waals surface area contributed by atoms with E-state index in [0.717, 1.165) is 6.07 Å². The molecule has 0 bridgehead atoms. The van der Waals surface area contributed by atoms with Crippen molar-refractivity contribution >= 4 is 23.2 Å². The molecule has 0 spiro atoms. The van der Waals surface area contributed by atoms with Crippen molar-refractivity contribution in [2.45, 2.75) is 5.88 Å². The van der Waals surface area contributed by atoms with Crippen molar-refractivity contribution < 1.29 is 13.5 Å². The number of ether oxygens (including phenoxy) is 1. The minimum atomic E-state index is -1.06. The lowest BCUT2D eigenvalue weighted by molar-refractivity contribution is 0.414. The molecule has 0 amide bonds. The zero-order valence-corrected chi connectivity index (χ0v) is 10.6. The lowest BCUT2D eigenvalue weighted by atomic mass is 10.2. The zero-order chi connectivity index (χ0) is 13.1. The molecule has 0 atom stereocenters. The Kier molecular flexibility index (Phi) is 4.04. The van der Waals surface area contributed by atoms with Gasteiger partial charge in [0.1, 0.15) is 0 Å². The van der Waals surface area contributed by atoms with Crippen LogP contribution >= 0.6 is 23.2 Å². The van der Waals surface area contributed by atoms with Gasteiger partial charge in [0, 0.05) is 5.56 Å². The molecule has 0 fully saturated rings. The summed E-state index contributed by atoms with van der Waals surface area (Å²) in [6, 6.07) is 8.67. The smallest absolute Gasteiger partial charge is 0.201 e. The molecule has 0 N–H and O–H groups in total. The molecule has 0 aliphatic rings. The van der Waals surface area contributed by atoms with Crippen LogP contribution in [0.2, 0.25) is 5.02 Å². The third-order valence-corrected chi connectivity index (χ3v) is 2.91. The van der Waals surface area contributed by atoms with Gasteiger partial charge in [-0.2, -0.15) is 4.39 Å². The molecular formula is C13H8Cl2F2O. The third kappa shape index (κ3) is 2.57. The summed E-state index contributed by atoms with van der Waals surface area (Å²) in [6.07, 6.45) is 0. The Morgan fingerprint density at radius 2 is 1.78 bits per heavy atom. The number of halogens is 4. The second-order valence-corrected chi connectivity index (χ2v) is 4.19. The van der Waals surface area contributed by atoms with Crippen molar-refractivity contribution in [1.29, 1.82) is 0 Å². The van der Waals surface area contributed by atoms with E-state index in [9.17, 15) is 8.78 Å². The maximum Gasteiger partial charge on any atom is 0.201 e. The van der Waals surface area contributed by atoms with Crippen LogP contribution in [-0.4, -0.2) is 0 Å². The molecule has 0 aromatic heterocycles. The van der Waals surface area contributed by atoms with Crippen LogP contribution in [0.25, 0.3) is 0 Å². The standard InChI is InChI=1S/C13H8Cl2F2O/c14-7-8-3-1-4-9(15)13(8)18-11-6-2-5-10(16)12(11)17/h1-6H,7H2. The lowest BCUT2D eigenvalue weighted by Crippen LogP contribution is -1.95. The molecule has 2 rings (SSSR count). The summed E-state index contributed by atoms with van der Waals surface area (Å²) in [5.41, 5.74) is 0.604. The van der Waals surface area contributed by atoms with Crippen molar-refractivity contribution in [2.24, 2.45) is 0 Å². The number of benzene rings is 2. The Morgan fingerprint density at radius 1 is 1.06 bits per heavy atom. The normalized spacial score (nSPS) is 10.4. The van der Waals surface area contributed by atoms with Gasteiger partial charge in [0.2, 0.25) is 5.82 Å². The Morgan fingerprint density at radius 3 is 2.50 bits per heavy atom. The fourth-order valence-electron chi connectivity index (χ4n) is 1.45. The monoisotopic (exact) mass is 288 g/mol. The summed E-state index contributed by atoms with van der Waals surface area (Å²) >= 11 is 11.7. The molecule has 18 heavy (non-hydrogen) atoms. The van der Waals surface area contributed by atoms with Gasteiger partial charge >= 0.3 is 0 Å². The van der Waals surface area contributed by atoms with Gasteiger partial charge in [-0.25, -0.2) is 4.39 Å². The summed E-state index contributed by atoms with van der Waals surface area (Å²) in [7, 11) is 0. The molecule has 0 aliphatic heterocycles. The quantitative estimate of drug-likeness (QED) is 0.710. The lowest BCUT2D eigenvalue weighted by Gasteiger charge is -2.11. The van der Waals surface area contributed by atoms with Crippen LogP contribution in [0.15, 0.2) is 36.4 Å².